The van der Waals surface area contributed by atoms with Crippen LogP contribution >= 0.6 is 0 Å². The molecule has 0 unspecified atom stereocenters. The Bertz CT molecular complexity index is 765. The zero-order valence-corrected chi connectivity index (χ0v) is 20.2. The van der Waals surface area contributed by atoms with E-state index in [-0.39, 0.29) is 0 Å². The van der Waals surface area contributed by atoms with Crippen LogP contribution in [0.25, 0.3) is 0 Å². The molecule has 0 saturated heterocycles. The summed E-state index contributed by atoms with van der Waals surface area (Å²) in [5.41, 5.74) is 16.3. The van der Waals surface area contributed by atoms with Gasteiger partial charge in [-0.1, -0.05) is 0 Å². The number of ether oxygens (including phenoxy) is 1. The molecule has 2 aromatic carbocycles. The van der Waals surface area contributed by atoms with Crippen LogP contribution in [0.5, 0.6) is 0 Å². The molecule has 29 heavy (non-hydrogen) atoms. The molecular weight excluding hydrogens is 356 g/mol. The first-order valence-electron chi connectivity index (χ1n) is 10.8. The molecular formula is C26H40N2O. The van der Waals surface area contributed by atoms with E-state index < -0.39 is 0 Å². The largest absolute Gasteiger partial charge is 0.382 e. The topological polar surface area (TPSA) is 33.3 Å². The van der Waals surface area contributed by atoms with Gasteiger partial charge in [0.1, 0.15) is 0 Å². The summed E-state index contributed by atoms with van der Waals surface area (Å²) in [6.07, 6.45) is 0. The average Bonchev–Trinajstić information content (AvgIpc) is 2.71. The van der Waals surface area contributed by atoms with Crippen molar-refractivity contribution in [2.75, 3.05) is 36.9 Å². The number of anilines is 2. The summed E-state index contributed by atoms with van der Waals surface area (Å²) in [7, 11) is 0. The van der Waals surface area contributed by atoms with Crippen molar-refractivity contribution in [1.29, 1.82) is 0 Å². The molecule has 2 aromatic rings. The molecule has 2 N–H and O–H groups in total. The third kappa shape index (κ3) is 4.78. The lowest BCUT2D eigenvalue weighted by Crippen LogP contribution is -2.17. The van der Waals surface area contributed by atoms with E-state index in [1.807, 2.05) is 0 Å². The van der Waals surface area contributed by atoms with E-state index in [1.54, 1.807) is 0 Å². The van der Waals surface area contributed by atoms with Gasteiger partial charge in [-0.25, -0.2) is 0 Å². The fourth-order valence-corrected chi connectivity index (χ4v) is 4.13. The van der Waals surface area contributed by atoms with Crippen LogP contribution in [0.4, 0.5) is 11.4 Å². The Morgan fingerprint density at radius 1 is 0.414 bits per heavy atom. The van der Waals surface area contributed by atoms with Crippen LogP contribution < -0.4 is 10.6 Å². The molecule has 0 saturated carbocycles. The fourth-order valence-electron chi connectivity index (χ4n) is 4.13. The quantitative estimate of drug-likeness (QED) is 0.513. The summed E-state index contributed by atoms with van der Waals surface area (Å²) in [5, 5.41) is 7.19. The van der Waals surface area contributed by atoms with E-state index in [0.29, 0.717) is 13.2 Å². The second-order valence-corrected chi connectivity index (χ2v) is 8.47. The zero-order valence-electron chi connectivity index (χ0n) is 20.2. The van der Waals surface area contributed by atoms with Crippen LogP contribution in [-0.4, -0.2) is 26.3 Å². The van der Waals surface area contributed by atoms with Gasteiger partial charge >= 0.3 is 0 Å². The molecule has 3 nitrogen and oxygen atoms in total. The van der Waals surface area contributed by atoms with Crippen molar-refractivity contribution in [2.24, 2.45) is 0 Å². The lowest BCUT2D eigenvalue weighted by Gasteiger charge is -2.20. The highest BCUT2D eigenvalue weighted by atomic mass is 16.5. The summed E-state index contributed by atoms with van der Waals surface area (Å²) in [6, 6.07) is 0. The number of hydrogen-bond donors (Lipinski definition) is 2. The Morgan fingerprint density at radius 3 is 0.931 bits per heavy atom. The van der Waals surface area contributed by atoms with Crippen LogP contribution in [0.3, 0.4) is 0 Å². The molecule has 0 aliphatic heterocycles. The van der Waals surface area contributed by atoms with E-state index in [4.69, 9.17) is 4.74 Å². The Kier molecular flexibility index (Phi) is 7.76. The van der Waals surface area contributed by atoms with Gasteiger partial charge in [-0.05, 0) is 125 Å². The minimum Gasteiger partial charge on any atom is -0.382 e. The SMILES string of the molecule is Cc1c(C)c(C)c(NCCOCCNc2c(C)c(C)c(C)c(C)c2C)c(C)c1C. The number of benzene rings is 2. The van der Waals surface area contributed by atoms with Gasteiger partial charge in [-0.3, -0.25) is 0 Å². The monoisotopic (exact) mass is 396 g/mol. The highest BCUT2D eigenvalue weighted by Gasteiger charge is 2.12. The summed E-state index contributed by atoms with van der Waals surface area (Å²) in [4.78, 5) is 0. The normalized spacial score (nSPS) is 11.1. The molecule has 160 valence electrons. The lowest BCUT2D eigenvalue weighted by molar-refractivity contribution is 0.154. The molecule has 2 rings (SSSR count). The van der Waals surface area contributed by atoms with Gasteiger partial charge < -0.3 is 15.4 Å². The summed E-state index contributed by atoms with van der Waals surface area (Å²) >= 11 is 0. The van der Waals surface area contributed by atoms with Gasteiger partial charge in [0.2, 0.25) is 0 Å². The second kappa shape index (κ2) is 9.67. The van der Waals surface area contributed by atoms with Crippen molar-refractivity contribution in [3.63, 3.8) is 0 Å². The van der Waals surface area contributed by atoms with Gasteiger partial charge in [-0.2, -0.15) is 0 Å². The predicted octanol–water partition coefficient (Wildman–Crippen LogP) is 6.31. The first-order valence-corrected chi connectivity index (χ1v) is 10.8. The van der Waals surface area contributed by atoms with E-state index in [0.717, 1.165) is 13.1 Å². The average molecular weight is 397 g/mol. The molecule has 0 spiro atoms. The van der Waals surface area contributed by atoms with E-state index in [9.17, 15) is 0 Å². The van der Waals surface area contributed by atoms with E-state index in [2.05, 4.69) is 79.9 Å². The second-order valence-electron chi connectivity index (χ2n) is 8.47. The van der Waals surface area contributed by atoms with Crippen molar-refractivity contribution < 1.29 is 4.74 Å². The maximum atomic E-state index is 5.88. The zero-order chi connectivity index (χ0) is 21.9. The minimum absolute atomic E-state index is 0.705. The molecule has 0 fully saturated rings. The standard InChI is InChI=1S/C26H40N2O/c1-15-17(3)21(7)25(22(8)18(15)4)27-11-13-29-14-12-28-26-23(9)19(5)16(2)20(6)24(26)10/h27-28H,11-14H2,1-10H3. The number of nitrogens with one attached hydrogen (secondary N) is 2. The smallest absolute Gasteiger partial charge is 0.0639 e. The molecule has 0 heterocycles. The molecule has 0 radical (unpaired) electrons. The van der Waals surface area contributed by atoms with Gasteiger partial charge in [0.25, 0.3) is 0 Å². The highest BCUT2D eigenvalue weighted by molar-refractivity contribution is 5.65. The molecule has 0 atom stereocenters. The summed E-state index contributed by atoms with van der Waals surface area (Å²) in [5.74, 6) is 0. The van der Waals surface area contributed by atoms with E-state index in [1.165, 1.54) is 67.0 Å². The molecule has 0 aromatic heterocycles. The van der Waals surface area contributed by atoms with Crippen molar-refractivity contribution in [3.8, 4) is 0 Å². The number of rotatable bonds is 8. The third-order valence-electron chi connectivity index (χ3n) is 7.10. The summed E-state index contributed by atoms with van der Waals surface area (Å²) in [6.45, 7) is 25.2. The molecule has 0 aliphatic carbocycles. The Balaban J connectivity index is 1.84. The first kappa shape index (κ1) is 23.3. The summed E-state index contributed by atoms with van der Waals surface area (Å²) < 4.78 is 5.88. The Labute approximate surface area is 178 Å². The fraction of sp³-hybridized carbons (Fsp3) is 0.538. The molecule has 0 aliphatic rings. The Morgan fingerprint density at radius 2 is 0.655 bits per heavy atom. The lowest BCUT2D eigenvalue weighted by atomic mass is 9.93. The van der Waals surface area contributed by atoms with Crippen molar-refractivity contribution in [1.82, 2.24) is 0 Å². The predicted molar refractivity (Wildman–Crippen MR) is 128 cm³/mol. The van der Waals surface area contributed by atoms with Crippen molar-refractivity contribution >= 4 is 11.4 Å². The van der Waals surface area contributed by atoms with Crippen molar-refractivity contribution in [2.45, 2.75) is 69.2 Å². The van der Waals surface area contributed by atoms with Crippen LogP contribution in [0.2, 0.25) is 0 Å². The first-order chi connectivity index (χ1) is 13.6. The highest BCUT2D eigenvalue weighted by Crippen LogP contribution is 2.31. The van der Waals surface area contributed by atoms with Gasteiger partial charge in [0, 0.05) is 24.5 Å². The van der Waals surface area contributed by atoms with Gasteiger partial charge in [0.05, 0.1) is 13.2 Å². The molecule has 0 amide bonds. The van der Waals surface area contributed by atoms with Crippen LogP contribution in [0.15, 0.2) is 0 Å². The maximum Gasteiger partial charge on any atom is 0.0639 e. The molecule has 0 bridgehead atoms. The van der Waals surface area contributed by atoms with Crippen LogP contribution in [0.1, 0.15) is 55.6 Å². The minimum atomic E-state index is 0.705. The van der Waals surface area contributed by atoms with Crippen molar-refractivity contribution in [3.05, 3.63) is 55.6 Å². The van der Waals surface area contributed by atoms with Crippen LogP contribution in [0, 0.1) is 69.2 Å². The van der Waals surface area contributed by atoms with Crippen LogP contribution in [-0.2, 0) is 4.74 Å². The maximum absolute atomic E-state index is 5.88. The third-order valence-corrected chi connectivity index (χ3v) is 7.10. The number of hydrogen-bond acceptors (Lipinski definition) is 3. The Hall–Kier alpha value is -2.00. The molecule has 3 heteroatoms. The van der Waals surface area contributed by atoms with Gasteiger partial charge in [-0.15, -0.1) is 0 Å². The van der Waals surface area contributed by atoms with E-state index >= 15 is 0 Å². The van der Waals surface area contributed by atoms with Gasteiger partial charge in [0.15, 0.2) is 0 Å².